The molecule has 16 heavy (non-hydrogen) atoms. The molecule has 1 rings (SSSR count). The van der Waals surface area contributed by atoms with Crippen LogP contribution in [0.4, 0.5) is 0 Å². The van der Waals surface area contributed by atoms with Crippen LogP contribution in [-0.2, 0) is 6.54 Å². The molecule has 1 aromatic rings. The quantitative estimate of drug-likeness (QED) is 0.687. The number of hydrogen-bond acceptors (Lipinski definition) is 3. The van der Waals surface area contributed by atoms with Gasteiger partial charge in [0.2, 0.25) is 0 Å². The van der Waals surface area contributed by atoms with Crippen molar-refractivity contribution >= 4 is 0 Å². The Labute approximate surface area is 98.8 Å². The molecule has 0 aliphatic carbocycles. The fraction of sp³-hybridized carbons (Fsp3) is 0.692. The molecule has 0 aliphatic heterocycles. The molecular weight excluding hydrogens is 200 g/mol. The number of rotatable bonds is 8. The minimum atomic E-state index is 0.787. The highest BCUT2D eigenvalue weighted by molar-refractivity contribution is 4.97. The van der Waals surface area contributed by atoms with Crippen LogP contribution in [0.5, 0.6) is 0 Å². The molecule has 92 valence electrons. The van der Waals surface area contributed by atoms with Crippen molar-refractivity contribution < 1.29 is 4.42 Å². The minimum Gasteiger partial charge on any atom is -0.468 e. The molecule has 0 saturated carbocycles. The summed E-state index contributed by atoms with van der Waals surface area (Å²) in [5.74, 6) is 1.79. The Bertz CT molecular complexity index is 259. The second-order valence-corrected chi connectivity index (χ2v) is 4.53. The Balaban J connectivity index is 2.02. The number of furan rings is 1. The maximum absolute atomic E-state index is 5.25. The zero-order valence-corrected chi connectivity index (χ0v) is 10.7. The average Bonchev–Trinajstić information content (AvgIpc) is 2.77. The lowest BCUT2D eigenvalue weighted by atomic mass is 10.1. The van der Waals surface area contributed by atoms with Gasteiger partial charge in [-0.25, -0.2) is 0 Å². The smallest absolute Gasteiger partial charge is 0.117 e. The maximum atomic E-state index is 5.25. The first-order valence-corrected chi connectivity index (χ1v) is 6.14. The van der Waals surface area contributed by atoms with Crippen LogP contribution in [-0.4, -0.2) is 31.6 Å². The highest BCUT2D eigenvalue weighted by Crippen LogP contribution is 2.02. The summed E-state index contributed by atoms with van der Waals surface area (Å²) in [6, 6.07) is 3.92. The van der Waals surface area contributed by atoms with Gasteiger partial charge >= 0.3 is 0 Å². The molecule has 1 atom stereocenters. The van der Waals surface area contributed by atoms with Crippen molar-refractivity contribution in [1.29, 1.82) is 0 Å². The fourth-order valence-electron chi connectivity index (χ4n) is 1.65. The first-order chi connectivity index (χ1) is 7.72. The molecule has 0 bridgehead atoms. The third-order valence-electron chi connectivity index (χ3n) is 2.87. The van der Waals surface area contributed by atoms with Crippen molar-refractivity contribution in [3.63, 3.8) is 0 Å². The summed E-state index contributed by atoms with van der Waals surface area (Å²) in [7, 11) is 2.18. The predicted molar refractivity (Wildman–Crippen MR) is 67.4 cm³/mol. The topological polar surface area (TPSA) is 28.4 Å². The lowest BCUT2D eigenvalue weighted by Gasteiger charge is -2.20. The van der Waals surface area contributed by atoms with E-state index in [1.165, 1.54) is 13.0 Å². The van der Waals surface area contributed by atoms with E-state index in [2.05, 4.69) is 31.1 Å². The van der Waals surface area contributed by atoms with E-state index in [0.29, 0.717) is 0 Å². The molecule has 1 heterocycles. The Morgan fingerprint density at radius 3 is 2.94 bits per heavy atom. The molecule has 3 nitrogen and oxygen atoms in total. The van der Waals surface area contributed by atoms with Crippen molar-refractivity contribution in [3.8, 4) is 0 Å². The van der Waals surface area contributed by atoms with Crippen molar-refractivity contribution in [2.75, 3.05) is 26.7 Å². The van der Waals surface area contributed by atoms with Crippen LogP contribution in [0.1, 0.15) is 26.0 Å². The fourth-order valence-corrected chi connectivity index (χ4v) is 1.65. The SMILES string of the molecule is CCC(C)CN(C)CCNCc1ccco1. The van der Waals surface area contributed by atoms with Crippen LogP contribution < -0.4 is 5.32 Å². The van der Waals surface area contributed by atoms with Gasteiger partial charge in [0.15, 0.2) is 0 Å². The Morgan fingerprint density at radius 1 is 1.50 bits per heavy atom. The third kappa shape index (κ3) is 5.33. The molecule has 3 heteroatoms. The summed E-state index contributed by atoms with van der Waals surface area (Å²) in [5, 5.41) is 3.37. The Hall–Kier alpha value is -0.800. The molecule has 1 aromatic heterocycles. The maximum Gasteiger partial charge on any atom is 0.117 e. The first kappa shape index (κ1) is 13.3. The third-order valence-corrected chi connectivity index (χ3v) is 2.87. The summed E-state index contributed by atoms with van der Waals surface area (Å²) >= 11 is 0. The first-order valence-electron chi connectivity index (χ1n) is 6.14. The van der Waals surface area contributed by atoms with E-state index in [-0.39, 0.29) is 0 Å². The molecule has 0 spiro atoms. The van der Waals surface area contributed by atoms with E-state index in [0.717, 1.165) is 31.3 Å². The van der Waals surface area contributed by atoms with Gasteiger partial charge in [-0.2, -0.15) is 0 Å². The number of nitrogens with zero attached hydrogens (tertiary/aromatic N) is 1. The van der Waals surface area contributed by atoms with Gasteiger partial charge in [0.1, 0.15) is 5.76 Å². The molecule has 0 aromatic carbocycles. The van der Waals surface area contributed by atoms with Gasteiger partial charge in [-0.05, 0) is 25.1 Å². The molecule has 1 N–H and O–H groups in total. The minimum absolute atomic E-state index is 0.787. The molecule has 0 saturated heterocycles. The molecule has 0 aliphatic rings. The zero-order valence-electron chi connectivity index (χ0n) is 10.7. The second-order valence-electron chi connectivity index (χ2n) is 4.53. The van der Waals surface area contributed by atoms with Crippen LogP contribution in [0.25, 0.3) is 0 Å². The summed E-state index contributed by atoms with van der Waals surface area (Å²) in [6.45, 7) is 8.64. The standard InChI is InChI=1S/C13H24N2O/c1-4-12(2)11-15(3)8-7-14-10-13-6-5-9-16-13/h5-6,9,12,14H,4,7-8,10-11H2,1-3H3. The molecule has 0 fully saturated rings. The van der Waals surface area contributed by atoms with Crippen LogP contribution in [0.2, 0.25) is 0 Å². The number of likely N-dealkylation sites (N-methyl/N-ethyl adjacent to an activating group) is 1. The van der Waals surface area contributed by atoms with E-state index < -0.39 is 0 Å². The average molecular weight is 224 g/mol. The van der Waals surface area contributed by atoms with E-state index in [1.807, 2.05) is 12.1 Å². The van der Waals surface area contributed by atoms with Crippen molar-refractivity contribution in [3.05, 3.63) is 24.2 Å². The van der Waals surface area contributed by atoms with Gasteiger partial charge in [-0.3, -0.25) is 0 Å². The number of nitrogens with one attached hydrogen (secondary N) is 1. The Kier molecular flexibility index (Phi) is 6.19. The van der Waals surface area contributed by atoms with E-state index >= 15 is 0 Å². The van der Waals surface area contributed by atoms with Crippen LogP contribution >= 0.6 is 0 Å². The Morgan fingerprint density at radius 2 is 2.31 bits per heavy atom. The zero-order chi connectivity index (χ0) is 11.8. The molecule has 1 unspecified atom stereocenters. The molecule has 0 radical (unpaired) electrons. The summed E-state index contributed by atoms with van der Waals surface area (Å²) in [5.41, 5.74) is 0. The van der Waals surface area contributed by atoms with E-state index in [9.17, 15) is 0 Å². The second kappa shape index (κ2) is 7.47. The number of hydrogen-bond donors (Lipinski definition) is 1. The lowest BCUT2D eigenvalue weighted by Crippen LogP contribution is -2.31. The normalized spacial score (nSPS) is 13.2. The molecular formula is C13H24N2O. The van der Waals surface area contributed by atoms with Gasteiger partial charge in [0.05, 0.1) is 12.8 Å². The van der Waals surface area contributed by atoms with E-state index in [1.54, 1.807) is 6.26 Å². The van der Waals surface area contributed by atoms with Crippen molar-refractivity contribution in [2.24, 2.45) is 5.92 Å². The highest BCUT2D eigenvalue weighted by Gasteiger charge is 2.03. The van der Waals surface area contributed by atoms with Gasteiger partial charge in [0, 0.05) is 19.6 Å². The largest absolute Gasteiger partial charge is 0.468 e. The van der Waals surface area contributed by atoms with Crippen LogP contribution in [0.15, 0.2) is 22.8 Å². The van der Waals surface area contributed by atoms with Crippen molar-refractivity contribution in [2.45, 2.75) is 26.8 Å². The molecule has 0 amide bonds. The van der Waals surface area contributed by atoms with Gasteiger partial charge < -0.3 is 14.6 Å². The van der Waals surface area contributed by atoms with Gasteiger partial charge in [-0.1, -0.05) is 20.3 Å². The monoisotopic (exact) mass is 224 g/mol. The van der Waals surface area contributed by atoms with Crippen LogP contribution in [0, 0.1) is 5.92 Å². The summed E-state index contributed by atoms with van der Waals surface area (Å²) in [4.78, 5) is 2.38. The summed E-state index contributed by atoms with van der Waals surface area (Å²) in [6.07, 6.45) is 2.97. The van der Waals surface area contributed by atoms with Gasteiger partial charge in [0.25, 0.3) is 0 Å². The van der Waals surface area contributed by atoms with Crippen molar-refractivity contribution in [1.82, 2.24) is 10.2 Å². The van der Waals surface area contributed by atoms with Crippen LogP contribution in [0.3, 0.4) is 0 Å². The lowest BCUT2D eigenvalue weighted by molar-refractivity contribution is 0.280. The predicted octanol–water partition coefficient (Wildman–Crippen LogP) is 2.35. The van der Waals surface area contributed by atoms with Gasteiger partial charge in [-0.15, -0.1) is 0 Å². The summed E-state index contributed by atoms with van der Waals surface area (Å²) < 4.78 is 5.25. The highest BCUT2D eigenvalue weighted by atomic mass is 16.3. The van der Waals surface area contributed by atoms with E-state index in [4.69, 9.17) is 4.42 Å².